The number of nitrogens with one attached hydrogen (secondary N) is 1. The Morgan fingerprint density at radius 2 is 1.90 bits per heavy atom. The zero-order valence-electron chi connectivity index (χ0n) is 15.8. The first-order valence-corrected chi connectivity index (χ1v) is 8.81. The van der Waals surface area contributed by atoms with Crippen molar-refractivity contribution in [1.82, 2.24) is 25.3 Å². The minimum absolute atomic E-state index is 0.0559. The number of ether oxygens (including phenoxy) is 1. The van der Waals surface area contributed by atoms with Gasteiger partial charge in [-0.05, 0) is 30.3 Å². The zero-order chi connectivity index (χ0) is 21.7. The molecule has 2 heterocycles. The number of hydrogen-bond acceptors (Lipinski definition) is 5. The number of hydrogen-bond donors (Lipinski definition) is 1. The molecule has 0 saturated heterocycles. The molecule has 7 nitrogen and oxygen atoms in total. The summed E-state index contributed by atoms with van der Waals surface area (Å²) in [4.78, 5) is 15.8. The number of halogens is 4. The number of benzene rings is 1. The number of rotatable bonds is 7. The molecule has 0 atom stereocenters. The second-order valence-corrected chi connectivity index (χ2v) is 6.31. The first-order valence-electron chi connectivity index (χ1n) is 8.81. The van der Waals surface area contributed by atoms with E-state index in [0.29, 0.717) is 17.0 Å². The van der Waals surface area contributed by atoms with Gasteiger partial charge >= 0.3 is 6.18 Å². The van der Waals surface area contributed by atoms with Gasteiger partial charge in [-0.2, -0.15) is 13.2 Å². The third-order valence-electron chi connectivity index (χ3n) is 4.11. The molecule has 0 bridgehead atoms. The highest BCUT2D eigenvalue weighted by molar-refractivity contribution is 5.93. The van der Waals surface area contributed by atoms with Gasteiger partial charge in [-0.15, -0.1) is 5.10 Å². The quantitative estimate of drug-likeness (QED) is 0.590. The lowest BCUT2D eigenvalue weighted by Crippen LogP contribution is -2.27. The number of carbonyl (C=O) groups is 1. The zero-order valence-corrected chi connectivity index (χ0v) is 15.8. The van der Waals surface area contributed by atoms with E-state index in [1.165, 1.54) is 35.1 Å². The van der Waals surface area contributed by atoms with E-state index in [2.05, 4.69) is 20.6 Å². The minimum Gasteiger partial charge on any atom is -0.471 e. The molecule has 158 valence electrons. The summed E-state index contributed by atoms with van der Waals surface area (Å²) in [5, 5.41) is 10.2. The average Bonchev–Trinajstić information content (AvgIpc) is 3.07. The maximum absolute atomic E-state index is 13.1. The Labute approximate surface area is 168 Å². The van der Waals surface area contributed by atoms with E-state index in [1.807, 2.05) is 0 Å². The predicted molar refractivity (Wildman–Crippen MR) is 98.0 cm³/mol. The van der Waals surface area contributed by atoms with Crippen LogP contribution in [0.5, 0.6) is 5.88 Å². The topological polar surface area (TPSA) is 81.9 Å². The van der Waals surface area contributed by atoms with Gasteiger partial charge in [0.2, 0.25) is 5.88 Å². The Morgan fingerprint density at radius 3 is 2.53 bits per heavy atom. The van der Waals surface area contributed by atoms with Crippen molar-refractivity contribution in [2.75, 3.05) is 6.54 Å². The standard InChI is InChI=1S/C19H17F4N5O2/c1-28-15(17(26-27-28)12-2-5-14(20)6-3-12)11-30-16-7-4-13(10-25-16)18(29)24-9-8-19(21,22)23/h2-7,10H,8-9,11H2,1H3,(H,24,29). The Hall–Kier alpha value is -3.50. The Kier molecular flexibility index (Phi) is 6.28. The van der Waals surface area contributed by atoms with Crippen LogP contribution in [-0.2, 0) is 13.7 Å². The van der Waals surface area contributed by atoms with Gasteiger partial charge in [-0.3, -0.25) is 4.79 Å². The molecule has 3 rings (SSSR count). The molecular weight excluding hydrogens is 406 g/mol. The lowest BCUT2D eigenvalue weighted by Gasteiger charge is -2.09. The molecule has 1 N–H and O–H groups in total. The summed E-state index contributed by atoms with van der Waals surface area (Å²) >= 11 is 0. The molecule has 2 aromatic heterocycles. The number of nitrogens with zero attached hydrogens (tertiary/aromatic N) is 4. The first-order chi connectivity index (χ1) is 14.2. The molecule has 0 aliphatic carbocycles. The van der Waals surface area contributed by atoms with E-state index >= 15 is 0 Å². The Bertz CT molecular complexity index is 1000. The highest BCUT2D eigenvalue weighted by Crippen LogP contribution is 2.22. The average molecular weight is 423 g/mol. The Balaban J connectivity index is 1.61. The summed E-state index contributed by atoms with van der Waals surface area (Å²) in [5.74, 6) is -0.826. The molecule has 0 radical (unpaired) electrons. The molecule has 0 unspecified atom stereocenters. The van der Waals surface area contributed by atoms with Gasteiger partial charge in [0.25, 0.3) is 5.91 Å². The largest absolute Gasteiger partial charge is 0.471 e. The van der Waals surface area contributed by atoms with E-state index < -0.39 is 25.0 Å². The molecule has 30 heavy (non-hydrogen) atoms. The predicted octanol–water partition coefficient (Wildman–Crippen LogP) is 3.28. The van der Waals surface area contributed by atoms with Crippen LogP contribution >= 0.6 is 0 Å². The molecule has 0 fully saturated rings. The van der Waals surface area contributed by atoms with Crippen molar-refractivity contribution in [3.05, 3.63) is 59.7 Å². The van der Waals surface area contributed by atoms with Gasteiger partial charge in [-0.25, -0.2) is 14.1 Å². The number of aromatic nitrogens is 4. The highest BCUT2D eigenvalue weighted by atomic mass is 19.4. The van der Waals surface area contributed by atoms with E-state index in [-0.39, 0.29) is 23.9 Å². The normalized spacial score (nSPS) is 11.4. The summed E-state index contributed by atoms with van der Waals surface area (Å²) in [6.45, 7) is -0.458. The summed E-state index contributed by atoms with van der Waals surface area (Å²) < 4.78 is 56.7. The molecule has 1 amide bonds. The van der Waals surface area contributed by atoms with Crippen molar-refractivity contribution in [1.29, 1.82) is 0 Å². The lowest BCUT2D eigenvalue weighted by atomic mass is 10.1. The SMILES string of the molecule is Cn1nnc(-c2ccc(F)cc2)c1COc1ccc(C(=O)NCCC(F)(F)F)cn1. The van der Waals surface area contributed by atoms with Gasteiger partial charge in [0.1, 0.15) is 23.8 Å². The Morgan fingerprint density at radius 1 is 1.17 bits per heavy atom. The van der Waals surface area contributed by atoms with Crippen LogP contribution < -0.4 is 10.1 Å². The van der Waals surface area contributed by atoms with Crippen LogP contribution in [0.4, 0.5) is 17.6 Å². The summed E-state index contributed by atoms with van der Waals surface area (Å²) in [5.41, 5.74) is 1.93. The van der Waals surface area contributed by atoms with Crippen LogP contribution in [0.25, 0.3) is 11.3 Å². The van der Waals surface area contributed by atoms with Gasteiger partial charge in [0.15, 0.2) is 0 Å². The van der Waals surface area contributed by atoms with Gasteiger partial charge in [0, 0.05) is 31.4 Å². The lowest BCUT2D eigenvalue weighted by molar-refractivity contribution is -0.132. The van der Waals surface area contributed by atoms with Gasteiger partial charge in [-0.1, -0.05) is 5.21 Å². The maximum atomic E-state index is 13.1. The van der Waals surface area contributed by atoms with Crippen molar-refractivity contribution < 1.29 is 27.1 Å². The first kappa shape index (κ1) is 21.2. The van der Waals surface area contributed by atoms with Crippen molar-refractivity contribution in [2.45, 2.75) is 19.2 Å². The van der Waals surface area contributed by atoms with Crippen molar-refractivity contribution >= 4 is 5.91 Å². The number of carbonyl (C=O) groups excluding carboxylic acids is 1. The van der Waals surface area contributed by atoms with Crippen LogP contribution in [0, 0.1) is 5.82 Å². The molecule has 0 spiro atoms. The van der Waals surface area contributed by atoms with Crippen LogP contribution in [0.15, 0.2) is 42.6 Å². The third kappa shape index (κ3) is 5.52. The summed E-state index contributed by atoms with van der Waals surface area (Å²) in [7, 11) is 1.68. The molecule has 11 heteroatoms. The summed E-state index contributed by atoms with van der Waals surface area (Å²) in [6, 6.07) is 8.61. The van der Waals surface area contributed by atoms with E-state index in [4.69, 9.17) is 4.74 Å². The van der Waals surface area contributed by atoms with Crippen molar-refractivity contribution in [3.8, 4) is 17.1 Å². The fourth-order valence-electron chi connectivity index (χ4n) is 2.53. The molecule has 1 aromatic carbocycles. The van der Waals surface area contributed by atoms with Crippen LogP contribution in [0.3, 0.4) is 0 Å². The maximum Gasteiger partial charge on any atom is 0.390 e. The number of amides is 1. The van der Waals surface area contributed by atoms with Crippen LogP contribution in [0.1, 0.15) is 22.5 Å². The van der Waals surface area contributed by atoms with Crippen molar-refractivity contribution in [3.63, 3.8) is 0 Å². The third-order valence-corrected chi connectivity index (χ3v) is 4.11. The van der Waals surface area contributed by atoms with Gasteiger partial charge < -0.3 is 10.1 Å². The monoisotopic (exact) mass is 423 g/mol. The molecular formula is C19H17F4N5O2. The highest BCUT2D eigenvalue weighted by Gasteiger charge is 2.26. The summed E-state index contributed by atoms with van der Waals surface area (Å²) in [6.07, 6.45) is -4.24. The number of aryl methyl sites for hydroxylation is 1. The minimum atomic E-state index is -4.34. The van der Waals surface area contributed by atoms with Gasteiger partial charge in [0.05, 0.1) is 12.0 Å². The molecule has 0 saturated carbocycles. The van der Waals surface area contributed by atoms with Crippen LogP contribution in [0.2, 0.25) is 0 Å². The smallest absolute Gasteiger partial charge is 0.390 e. The fraction of sp³-hybridized carbons (Fsp3) is 0.263. The fourth-order valence-corrected chi connectivity index (χ4v) is 2.53. The number of pyridine rings is 1. The van der Waals surface area contributed by atoms with E-state index in [0.717, 1.165) is 0 Å². The molecule has 0 aliphatic heterocycles. The molecule has 3 aromatic rings. The number of alkyl halides is 3. The van der Waals surface area contributed by atoms with E-state index in [1.54, 1.807) is 19.2 Å². The molecule has 0 aliphatic rings. The second-order valence-electron chi connectivity index (χ2n) is 6.31. The van der Waals surface area contributed by atoms with E-state index in [9.17, 15) is 22.4 Å². The van der Waals surface area contributed by atoms with Crippen LogP contribution in [-0.4, -0.2) is 38.6 Å². The van der Waals surface area contributed by atoms with Crippen molar-refractivity contribution in [2.24, 2.45) is 7.05 Å². The second kappa shape index (κ2) is 8.89.